The first-order valence-electron chi connectivity index (χ1n) is 6.56. The van der Waals surface area contributed by atoms with E-state index in [1.807, 2.05) is 18.2 Å². The van der Waals surface area contributed by atoms with Gasteiger partial charge in [-0.3, -0.25) is 9.59 Å². The summed E-state index contributed by atoms with van der Waals surface area (Å²) in [4.78, 5) is 23.6. The second kappa shape index (κ2) is 6.79. The predicted octanol–water partition coefficient (Wildman–Crippen LogP) is 3.36. The van der Waals surface area contributed by atoms with Gasteiger partial charge in [-0.1, -0.05) is 30.3 Å². The lowest BCUT2D eigenvalue weighted by molar-refractivity contribution is -0.141. The molecule has 0 radical (unpaired) electrons. The van der Waals surface area contributed by atoms with Crippen molar-refractivity contribution in [1.29, 1.82) is 0 Å². The van der Waals surface area contributed by atoms with E-state index in [1.165, 1.54) is 31.2 Å². The van der Waals surface area contributed by atoms with E-state index in [4.69, 9.17) is 4.74 Å². The lowest BCUT2D eigenvalue weighted by Crippen LogP contribution is -2.20. The summed E-state index contributed by atoms with van der Waals surface area (Å²) in [6, 6.07) is 14.4. The van der Waals surface area contributed by atoms with Crippen molar-refractivity contribution in [3.63, 3.8) is 0 Å². The van der Waals surface area contributed by atoms with Crippen LogP contribution in [0.5, 0.6) is 0 Å². The van der Waals surface area contributed by atoms with E-state index >= 15 is 0 Å². The predicted molar refractivity (Wildman–Crippen MR) is 76.5 cm³/mol. The van der Waals surface area contributed by atoms with Gasteiger partial charge in [0.1, 0.15) is 12.4 Å². The number of hydrogen-bond acceptors (Lipinski definition) is 3. The van der Waals surface area contributed by atoms with Gasteiger partial charge >= 0.3 is 5.97 Å². The summed E-state index contributed by atoms with van der Waals surface area (Å²) in [5, 5.41) is 0. The number of carbonyl (C=O) groups is 2. The quantitative estimate of drug-likeness (QED) is 0.625. The van der Waals surface area contributed by atoms with E-state index in [0.717, 1.165) is 5.56 Å². The van der Waals surface area contributed by atoms with E-state index in [9.17, 15) is 14.0 Å². The summed E-state index contributed by atoms with van der Waals surface area (Å²) in [7, 11) is 0. The zero-order valence-electron chi connectivity index (χ0n) is 11.6. The third-order valence-corrected chi connectivity index (χ3v) is 3.10. The van der Waals surface area contributed by atoms with Crippen molar-refractivity contribution >= 4 is 11.8 Å². The molecule has 0 saturated carbocycles. The Hall–Kier alpha value is -2.49. The number of ether oxygens (including phenoxy) is 1. The van der Waals surface area contributed by atoms with Crippen molar-refractivity contribution in [2.75, 3.05) is 6.61 Å². The van der Waals surface area contributed by atoms with Gasteiger partial charge in [0.25, 0.3) is 0 Å². The number of Topliss-reactive ketones (excluding diaryl/α,β-unsaturated/α-hetero) is 1. The van der Waals surface area contributed by atoms with Crippen LogP contribution in [0.15, 0.2) is 54.6 Å². The molecule has 0 amide bonds. The van der Waals surface area contributed by atoms with Crippen LogP contribution in [0.3, 0.4) is 0 Å². The molecule has 0 aliphatic heterocycles. The van der Waals surface area contributed by atoms with Crippen LogP contribution in [0.2, 0.25) is 0 Å². The topological polar surface area (TPSA) is 43.4 Å². The molecular weight excluding hydrogens is 271 g/mol. The summed E-state index contributed by atoms with van der Waals surface area (Å²) in [6.45, 7) is 1.26. The van der Waals surface area contributed by atoms with E-state index < -0.39 is 17.7 Å². The largest absolute Gasteiger partial charge is 0.465 e. The maximum absolute atomic E-state index is 12.9. The molecule has 0 saturated heterocycles. The molecule has 1 atom stereocenters. The second-order valence-electron chi connectivity index (χ2n) is 4.64. The summed E-state index contributed by atoms with van der Waals surface area (Å²) in [5.41, 5.74) is 1.14. The molecule has 0 aromatic heterocycles. The summed E-state index contributed by atoms with van der Waals surface area (Å²) in [6.07, 6.45) is 0. The van der Waals surface area contributed by atoms with Crippen molar-refractivity contribution in [3.05, 3.63) is 71.5 Å². The minimum atomic E-state index is -0.597. The van der Waals surface area contributed by atoms with Gasteiger partial charge < -0.3 is 4.74 Å². The smallest absolute Gasteiger partial charge is 0.302 e. The van der Waals surface area contributed by atoms with Crippen LogP contribution < -0.4 is 0 Å². The molecule has 2 rings (SSSR count). The molecule has 21 heavy (non-hydrogen) atoms. The molecule has 2 aromatic carbocycles. The molecule has 0 N–H and O–H groups in total. The van der Waals surface area contributed by atoms with Gasteiger partial charge in [-0.25, -0.2) is 4.39 Å². The zero-order chi connectivity index (χ0) is 15.2. The first-order valence-corrected chi connectivity index (χ1v) is 6.56. The number of ketones is 1. The molecule has 0 aliphatic rings. The summed E-state index contributed by atoms with van der Waals surface area (Å²) >= 11 is 0. The molecule has 0 fully saturated rings. The number of hydrogen-bond donors (Lipinski definition) is 0. The SMILES string of the molecule is CC(=O)OC[C@H](C(=O)c1ccc(F)cc1)c1ccccc1. The normalized spacial score (nSPS) is 11.7. The fourth-order valence-electron chi connectivity index (χ4n) is 2.02. The summed E-state index contributed by atoms with van der Waals surface area (Å²) in [5.74, 6) is -1.64. The highest BCUT2D eigenvalue weighted by Gasteiger charge is 2.23. The van der Waals surface area contributed by atoms with E-state index in [2.05, 4.69) is 0 Å². The Kier molecular flexibility index (Phi) is 4.82. The van der Waals surface area contributed by atoms with Crippen molar-refractivity contribution < 1.29 is 18.7 Å². The minimum absolute atomic E-state index is 0.0322. The average molecular weight is 286 g/mol. The third kappa shape index (κ3) is 3.99. The minimum Gasteiger partial charge on any atom is -0.465 e. The first kappa shape index (κ1) is 14.9. The lowest BCUT2D eigenvalue weighted by Gasteiger charge is -2.16. The molecule has 3 nitrogen and oxygen atoms in total. The van der Waals surface area contributed by atoms with Crippen LogP contribution >= 0.6 is 0 Å². The molecule has 4 heteroatoms. The Bertz CT molecular complexity index is 620. The van der Waals surface area contributed by atoms with Gasteiger partial charge in [-0.15, -0.1) is 0 Å². The number of rotatable bonds is 5. The fourth-order valence-corrected chi connectivity index (χ4v) is 2.02. The fraction of sp³-hybridized carbons (Fsp3) is 0.176. The van der Waals surface area contributed by atoms with Crippen LogP contribution in [-0.2, 0) is 9.53 Å². The van der Waals surface area contributed by atoms with Crippen LogP contribution in [-0.4, -0.2) is 18.4 Å². The molecule has 0 spiro atoms. The number of carbonyl (C=O) groups excluding carboxylic acids is 2. The highest BCUT2D eigenvalue weighted by atomic mass is 19.1. The molecule has 0 bridgehead atoms. The van der Waals surface area contributed by atoms with Crippen molar-refractivity contribution in [2.24, 2.45) is 0 Å². The van der Waals surface area contributed by atoms with Crippen molar-refractivity contribution in [3.8, 4) is 0 Å². The Morgan fingerprint density at radius 1 is 1.05 bits per heavy atom. The molecule has 108 valence electrons. The van der Waals surface area contributed by atoms with Gasteiger partial charge in [0.2, 0.25) is 0 Å². The second-order valence-corrected chi connectivity index (χ2v) is 4.64. The highest BCUT2D eigenvalue weighted by Crippen LogP contribution is 2.22. The maximum atomic E-state index is 12.9. The van der Waals surface area contributed by atoms with E-state index in [1.54, 1.807) is 12.1 Å². The monoisotopic (exact) mass is 286 g/mol. The highest BCUT2D eigenvalue weighted by molar-refractivity contribution is 6.01. The Morgan fingerprint density at radius 3 is 2.24 bits per heavy atom. The Morgan fingerprint density at radius 2 is 1.67 bits per heavy atom. The van der Waals surface area contributed by atoms with E-state index in [-0.39, 0.29) is 12.4 Å². The van der Waals surface area contributed by atoms with Crippen LogP contribution in [0, 0.1) is 5.82 Å². The number of benzene rings is 2. The standard InChI is InChI=1S/C17H15FO3/c1-12(19)21-11-16(13-5-3-2-4-6-13)17(20)14-7-9-15(18)10-8-14/h2-10,16H,11H2,1H3/t16-/m0/s1. The molecule has 0 aliphatic carbocycles. The van der Waals surface area contributed by atoms with Crippen LogP contribution in [0.1, 0.15) is 28.8 Å². The number of halogens is 1. The Labute approximate surface area is 122 Å². The average Bonchev–Trinajstić information content (AvgIpc) is 2.49. The maximum Gasteiger partial charge on any atom is 0.302 e. The van der Waals surface area contributed by atoms with E-state index in [0.29, 0.717) is 5.56 Å². The van der Waals surface area contributed by atoms with Gasteiger partial charge in [-0.05, 0) is 29.8 Å². The third-order valence-electron chi connectivity index (χ3n) is 3.10. The van der Waals surface area contributed by atoms with Gasteiger partial charge in [0.05, 0.1) is 5.92 Å². The first-order chi connectivity index (χ1) is 10.1. The van der Waals surface area contributed by atoms with Gasteiger partial charge in [-0.2, -0.15) is 0 Å². The van der Waals surface area contributed by atoms with Crippen molar-refractivity contribution in [2.45, 2.75) is 12.8 Å². The number of esters is 1. The molecular formula is C17H15FO3. The lowest BCUT2D eigenvalue weighted by atomic mass is 9.91. The van der Waals surface area contributed by atoms with Gasteiger partial charge in [0.15, 0.2) is 5.78 Å². The molecule has 0 heterocycles. The molecule has 2 aromatic rings. The van der Waals surface area contributed by atoms with Crippen LogP contribution in [0.25, 0.3) is 0 Å². The van der Waals surface area contributed by atoms with Crippen LogP contribution in [0.4, 0.5) is 4.39 Å². The summed E-state index contributed by atoms with van der Waals surface area (Å²) < 4.78 is 17.9. The Balaban J connectivity index is 2.28. The zero-order valence-corrected chi connectivity index (χ0v) is 11.6. The molecule has 0 unspecified atom stereocenters. The van der Waals surface area contributed by atoms with Crippen molar-refractivity contribution in [1.82, 2.24) is 0 Å². The van der Waals surface area contributed by atoms with Gasteiger partial charge in [0, 0.05) is 12.5 Å².